The Morgan fingerprint density at radius 3 is 2.40 bits per heavy atom. The summed E-state index contributed by atoms with van der Waals surface area (Å²) in [5.74, 6) is 3.69. The number of piperidine rings is 1. The van der Waals surface area contributed by atoms with Crippen molar-refractivity contribution < 1.29 is 14.5 Å². The quantitative estimate of drug-likeness (QED) is 0.268. The molecule has 6 heteroatoms. The fraction of sp³-hybridized carbons (Fsp3) is 0.878. The van der Waals surface area contributed by atoms with Crippen LogP contribution >= 0.6 is 0 Å². The lowest BCUT2D eigenvalue weighted by atomic mass is 9.34. The van der Waals surface area contributed by atoms with E-state index in [0.717, 1.165) is 81.5 Å². The molecule has 0 aromatic carbocycles. The van der Waals surface area contributed by atoms with Crippen molar-refractivity contribution in [1.82, 2.24) is 10.2 Å². The van der Waals surface area contributed by atoms with Crippen LogP contribution < -0.4 is 5.32 Å². The zero-order valence-electron chi connectivity index (χ0n) is 30.6. The Labute approximate surface area is 289 Å². The molecule has 12 atom stereocenters. The molecular weight excluding hydrogens is 601 g/mol. The van der Waals surface area contributed by atoms with E-state index in [1.54, 1.807) is 5.57 Å². The number of nitrogens with one attached hydrogen (secondary N) is 1. The molecule has 5 nitrogen and oxygen atoms in total. The van der Waals surface area contributed by atoms with Crippen LogP contribution in [0, 0.1) is 57.7 Å². The van der Waals surface area contributed by atoms with Gasteiger partial charge in [0, 0.05) is 44.6 Å². The second-order valence-corrected chi connectivity index (χ2v) is 20.2. The van der Waals surface area contributed by atoms with Gasteiger partial charge in [0.05, 0.1) is 12.2 Å². The van der Waals surface area contributed by atoms with Crippen LogP contribution in [0.2, 0.25) is 0 Å². The summed E-state index contributed by atoms with van der Waals surface area (Å²) in [5.41, 5.74) is 4.51. The van der Waals surface area contributed by atoms with E-state index < -0.39 is 17.1 Å². The molecule has 0 spiro atoms. The molecule has 7 aliphatic rings. The Bertz CT molecular complexity index is 1260. The van der Waals surface area contributed by atoms with Crippen LogP contribution in [0.1, 0.15) is 125 Å². The van der Waals surface area contributed by atoms with E-state index in [-0.39, 0.29) is 5.92 Å². The standard InChI is InChI=1S/C41H66N2O3S/c1-27-13-20-41(42-23-26-43-24-16-31(17-25-43)47(6)46)22-21-39(4)34(36(27)41)11-12-35-38(3)18-14-32(28(2)33(38)15-19-40(35,39)5)29-7-9-30(10-8-29)37(44)45/h7,14,27-28,30-31,33-36,42H,8-13,15-26H2,1-6H3,(H,44,45)/t27-,28?,30?,33?,34?,35?,36-,38?,39-,40?,41?,47?/m1/s1. The molecule has 47 heavy (non-hydrogen) atoms. The summed E-state index contributed by atoms with van der Waals surface area (Å²) in [7, 11) is 0. The molecule has 0 amide bonds. The van der Waals surface area contributed by atoms with Crippen LogP contribution in [0.3, 0.4) is 0 Å². The number of carbonyl (C=O) groups is 1. The highest BCUT2D eigenvalue weighted by molar-refractivity contribution is 7.91. The van der Waals surface area contributed by atoms with Crippen molar-refractivity contribution in [1.29, 1.82) is 0 Å². The molecule has 1 heterocycles. The SMILES string of the molecule is CC1C(C2=CCC(C(=O)O)CC2)=CCC2(C)C1CCC1(C)C2CCC2[C@H]3[C@H](C)CCC3(NCCN3CCC([S+](C)[O-])CC3)CC[C@]21C. The van der Waals surface area contributed by atoms with Crippen molar-refractivity contribution in [3.8, 4) is 0 Å². The number of carboxylic acids is 1. The fourth-order valence-electron chi connectivity index (χ4n) is 14.2. The third-order valence-electron chi connectivity index (χ3n) is 17.0. The van der Waals surface area contributed by atoms with Gasteiger partial charge in [0.2, 0.25) is 0 Å². The number of carboxylic acid groups (broad SMARTS) is 1. The monoisotopic (exact) mass is 666 g/mol. The maximum atomic E-state index is 12.0. The first kappa shape index (κ1) is 34.6. The second kappa shape index (κ2) is 12.7. The lowest BCUT2D eigenvalue weighted by molar-refractivity contribution is -0.215. The number of hydrogen-bond acceptors (Lipinski definition) is 4. The van der Waals surface area contributed by atoms with Crippen LogP contribution in [0.5, 0.6) is 0 Å². The van der Waals surface area contributed by atoms with E-state index in [2.05, 4.69) is 57.0 Å². The lowest BCUT2D eigenvalue weighted by Crippen LogP contribution is -2.67. The van der Waals surface area contributed by atoms with Gasteiger partial charge in [-0.05, 0) is 140 Å². The first-order chi connectivity index (χ1) is 22.3. The molecule has 4 saturated carbocycles. The van der Waals surface area contributed by atoms with Gasteiger partial charge in [-0.1, -0.05) is 57.9 Å². The van der Waals surface area contributed by atoms with Gasteiger partial charge < -0.3 is 19.9 Å². The normalized spacial score (nSPS) is 47.9. The first-order valence-corrected chi connectivity index (χ1v) is 21.4. The van der Waals surface area contributed by atoms with E-state index >= 15 is 0 Å². The molecule has 1 aliphatic heterocycles. The number of nitrogens with zero attached hydrogens (tertiary/aromatic N) is 1. The Morgan fingerprint density at radius 1 is 0.957 bits per heavy atom. The van der Waals surface area contributed by atoms with Gasteiger partial charge in [-0.3, -0.25) is 4.79 Å². The molecular formula is C41H66N2O3S. The number of aliphatic carboxylic acids is 1. The van der Waals surface area contributed by atoms with Gasteiger partial charge in [0.25, 0.3) is 0 Å². The molecule has 1 saturated heterocycles. The van der Waals surface area contributed by atoms with Crippen molar-refractivity contribution in [3.05, 3.63) is 23.3 Å². The molecule has 0 radical (unpaired) electrons. The average Bonchev–Trinajstić information content (AvgIpc) is 3.38. The third-order valence-corrected chi connectivity index (χ3v) is 18.4. The Hall–Kier alpha value is -0.820. The summed E-state index contributed by atoms with van der Waals surface area (Å²) >= 11 is -0.676. The van der Waals surface area contributed by atoms with Gasteiger partial charge >= 0.3 is 5.97 Å². The number of likely N-dealkylation sites (tertiary alicyclic amines) is 1. The lowest BCUT2D eigenvalue weighted by Gasteiger charge is -2.71. The van der Waals surface area contributed by atoms with Crippen LogP contribution in [-0.2, 0) is 16.0 Å². The molecule has 5 fully saturated rings. The van der Waals surface area contributed by atoms with E-state index in [9.17, 15) is 14.5 Å². The van der Waals surface area contributed by atoms with Crippen LogP contribution in [0.4, 0.5) is 0 Å². The predicted molar refractivity (Wildman–Crippen MR) is 194 cm³/mol. The second-order valence-electron chi connectivity index (χ2n) is 18.6. The highest BCUT2D eigenvalue weighted by atomic mass is 32.2. The van der Waals surface area contributed by atoms with Gasteiger partial charge in [-0.25, -0.2) is 0 Å². The largest absolute Gasteiger partial charge is 0.616 e. The third kappa shape index (κ3) is 5.55. The minimum absolute atomic E-state index is 0.195. The van der Waals surface area contributed by atoms with Crippen LogP contribution in [0.15, 0.2) is 23.3 Å². The molecule has 264 valence electrons. The minimum Gasteiger partial charge on any atom is -0.616 e. The van der Waals surface area contributed by atoms with Crippen molar-refractivity contribution in [2.45, 2.75) is 135 Å². The summed E-state index contributed by atoms with van der Waals surface area (Å²) in [6.07, 6.45) is 23.6. The van der Waals surface area contributed by atoms with Gasteiger partial charge in [0.15, 0.2) is 0 Å². The molecule has 7 rings (SSSR count). The zero-order valence-corrected chi connectivity index (χ0v) is 31.4. The van der Waals surface area contributed by atoms with Crippen LogP contribution in [-0.4, -0.2) is 63.8 Å². The maximum absolute atomic E-state index is 12.0. The summed E-state index contributed by atoms with van der Waals surface area (Å²) in [6.45, 7) is 17.8. The van der Waals surface area contributed by atoms with E-state index in [1.165, 1.54) is 63.4 Å². The molecule has 0 bridgehead atoms. The molecule has 0 aromatic rings. The van der Waals surface area contributed by atoms with Crippen LogP contribution in [0.25, 0.3) is 0 Å². The van der Waals surface area contributed by atoms with Gasteiger partial charge in [0.1, 0.15) is 5.25 Å². The minimum atomic E-state index is -0.676. The van der Waals surface area contributed by atoms with E-state index in [0.29, 0.717) is 39.4 Å². The van der Waals surface area contributed by atoms with Crippen molar-refractivity contribution in [2.24, 2.45) is 57.7 Å². The number of rotatable bonds is 7. The van der Waals surface area contributed by atoms with Crippen molar-refractivity contribution >= 4 is 17.1 Å². The number of allylic oxidation sites excluding steroid dienone is 4. The van der Waals surface area contributed by atoms with Gasteiger partial charge in [-0.15, -0.1) is 0 Å². The van der Waals surface area contributed by atoms with E-state index in [1.807, 2.05) is 6.26 Å². The Kier molecular flexibility index (Phi) is 9.39. The number of fused-ring (bicyclic) bond motifs is 7. The van der Waals surface area contributed by atoms with Gasteiger partial charge in [-0.2, -0.15) is 0 Å². The average molecular weight is 667 g/mol. The van der Waals surface area contributed by atoms with Crippen molar-refractivity contribution in [3.63, 3.8) is 0 Å². The summed E-state index contributed by atoms with van der Waals surface area (Å²) in [6, 6.07) is 0. The summed E-state index contributed by atoms with van der Waals surface area (Å²) in [4.78, 5) is 14.2. The zero-order chi connectivity index (χ0) is 33.4. The maximum Gasteiger partial charge on any atom is 0.306 e. The van der Waals surface area contributed by atoms with E-state index in [4.69, 9.17) is 0 Å². The predicted octanol–water partition coefficient (Wildman–Crippen LogP) is 8.23. The topological polar surface area (TPSA) is 75.6 Å². The highest BCUT2D eigenvalue weighted by Crippen LogP contribution is 2.75. The molecule has 0 aromatic heterocycles. The summed E-state index contributed by atoms with van der Waals surface area (Å²) < 4.78 is 12.0. The first-order valence-electron chi connectivity index (χ1n) is 19.7. The molecule has 6 aliphatic carbocycles. The highest BCUT2D eigenvalue weighted by Gasteiger charge is 2.69. The Balaban J connectivity index is 1.06. The smallest absolute Gasteiger partial charge is 0.306 e. The molecule has 9 unspecified atom stereocenters. The molecule has 2 N–H and O–H groups in total. The number of hydrogen-bond donors (Lipinski definition) is 2. The summed E-state index contributed by atoms with van der Waals surface area (Å²) in [5, 5.41) is 14.2. The Morgan fingerprint density at radius 2 is 1.72 bits per heavy atom. The fourth-order valence-corrected chi connectivity index (χ4v) is 15.0. The van der Waals surface area contributed by atoms with Crippen molar-refractivity contribution in [2.75, 3.05) is 32.4 Å².